The molecule has 2 rings (SSSR count). The van der Waals surface area contributed by atoms with Gasteiger partial charge in [-0.3, -0.25) is 4.68 Å². The first-order valence-corrected chi connectivity index (χ1v) is 7.15. The van der Waals surface area contributed by atoms with Gasteiger partial charge in [0.15, 0.2) is 0 Å². The molecule has 0 aliphatic rings. The van der Waals surface area contributed by atoms with Crippen molar-refractivity contribution in [2.45, 2.75) is 19.4 Å². The first-order valence-electron chi connectivity index (χ1n) is 6.77. The van der Waals surface area contributed by atoms with Gasteiger partial charge >= 0.3 is 0 Å². The zero-order valence-electron chi connectivity index (χ0n) is 11.8. The summed E-state index contributed by atoms with van der Waals surface area (Å²) in [5.41, 5.74) is 1.07. The van der Waals surface area contributed by atoms with Gasteiger partial charge < -0.3 is 10.1 Å². The van der Waals surface area contributed by atoms with E-state index in [4.69, 9.17) is 16.3 Å². The van der Waals surface area contributed by atoms with E-state index in [0.717, 1.165) is 24.4 Å². The summed E-state index contributed by atoms with van der Waals surface area (Å²) in [5, 5.41) is 8.54. The Morgan fingerprint density at radius 3 is 2.65 bits per heavy atom. The van der Waals surface area contributed by atoms with E-state index in [1.807, 2.05) is 48.3 Å². The van der Waals surface area contributed by atoms with Crippen LogP contribution in [0.5, 0.6) is 5.75 Å². The van der Waals surface area contributed by atoms with E-state index in [9.17, 15) is 0 Å². The van der Waals surface area contributed by atoms with Gasteiger partial charge in [0.1, 0.15) is 12.4 Å². The van der Waals surface area contributed by atoms with E-state index >= 15 is 0 Å². The number of rotatable bonds is 7. The van der Waals surface area contributed by atoms with Crippen molar-refractivity contribution in [3.05, 3.63) is 47.2 Å². The lowest BCUT2D eigenvalue weighted by atomic mass is 10.1. The number of aromatic nitrogens is 2. The molecule has 5 heteroatoms. The Labute approximate surface area is 124 Å². The lowest BCUT2D eigenvalue weighted by Gasteiger charge is -2.17. The van der Waals surface area contributed by atoms with E-state index in [0.29, 0.717) is 11.6 Å². The highest BCUT2D eigenvalue weighted by Gasteiger charge is 2.11. The van der Waals surface area contributed by atoms with Crippen LogP contribution in [-0.4, -0.2) is 29.0 Å². The normalized spacial score (nSPS) is 12.3. The second kappa shape index (κ2) is 7.31. The largest absolute Gasteiger partial charge is 0.492 e. The van der Waals surface area contributed by atoms with Crippen LogP contribution >= 0.6 is 11.6 Å². The van der Waals surface area contributed by atoms with Crippen LogP contribution in [0.2, 0.25) is 5.02 Å². The average molecular weight is 294 g/mol. The summed E-state index contributed by atoms with van der Waals surface area (Å²) in [7, 11) is 1.93. The minimum atomic E-state index is 0.241. The fraction of sp³-hybridized carbons (Fsp3) is 0.400. The standard InChI is InChI=1S/C15H20ClN3O/c1-3-17-14(10-13-8-9-19(2)18-13)11-20-15-6-4-12(16)5-7-15/h4-9,14,17H,3,10-11H2,1-2H3. The zero-order chi connectivity index (χ0) is 14.4. The highest BCUT2D eigenvalue weighted by Crippen LogP contribution is 2.15. The minimum absolute atomic E-state index is 0.241. The zero-order valence-corrected chi connectivity index (χ0v) is 12.6. The second-order valence-corrected chi connectivity index (χ2v) is 5.14. The Kier molecular flexibility index (Phi) is 5.44. The maximum absolute atomic E-state index is 5.86. The van der Waals surface area contributed by atoms with Crippen molar-refractivity contribution < 1.29 is 4.74 Å². The molecule has 1 unspecified atom stereocenters. The van der Waals surface area contributed by atoms with Crippen LogP contribution in [0.25, 0.3) is 0 Å². The van der Waals surface area contributed by atoms with Crippen LogP contribution in [0.1, 0.15) is 12.6 Å². The third-order valence-corrected chi connectivity index (χ3v) is 3.23. The Balaban J connectivity index is 1.90. The summed E-state index contributed by atoms with van der Waals surface area (Å²) in [6.07, 6.45) is 2.81. The highest BCUT2D eigenvalue weighted by atomic mass is 35.5. The third-order valence-electron chi connectivity index (χ3n) is 2.98. The number of benzene rings is 1. The minimum Gasteiger partial charge on any atom is -0.492 e. The Hall–Kier alpha value is -1.52. The van der Waals surface area contributed by atoms with E-state index in [1.165, 1.54) is 0 Å². The fourth-order valence-corrected chi connectivity index (χ4v) is 2.16. The van der Waals surface area contributed by atoms with Crippen molar-refractivity contribution in [2.75, 3.05) is 13.2 Å². The Bertz CT molecular complexity index is 524. The molecule has 0 saturated carbocycles. The number of hydrogen-bond donors (Lipinski definition) is 1. The summed E-state index contributed by atoms with van der Waals surface area (Å²) < 4.78 is 7.62. The first kappa shape index (κ1) is 14.9. The molecule has 0 aliphatic carbocycles. The average Bonchev–Trinajstić information content (AvgIpc) is 2.83. The SMILES string of the molecule is CCNC(COc1ccc(Cl)cc1)Cc1ccn(C)n1. The molecule has 20 heavy (non-hydrogen) atoms. The number of hydrogen-bond acceptors (Lipinski definition) is 3. The number of aryl methyl sites for hydroxylation is 1. The number of ether oxygens (including phenoxy) is 1. The van der Waals surface area contributed by atoms with Crippen molar-refractivity contribution in [2.24, 2.45) is 7.05 Å². The molecule has 4 nitrogen and oxygen atoms in total. The lowest BCUT2D eigenvalue weighted by molar-refractivity contribution is 0.264. The summed E-state index contributed by atoms with van der Waals surface area (Å²) in [6.45, 7) is 3.60. The topological polar surface area (TPSA) is 39.1 Å². The summed E-state index contributed by atoms with van der Waals surface area (Å²) in [5.74, 6) is 0.832. The van der Waals surface area contributed by atoms with E-state index < -0.39 is 0 Å². The van der Waals surface area contributed by atoms with E-state index in [1.54, 1.807) is 0 Å². The van der Waals surface area contributed by atoms with Gasteiger partial charge in [-0.1, -0.05) is 18.5 Å². The maximum Gasteiger partial charge on any atom is 0.119 e. The predicted octanol–water partition coefficient (Wildman–Crippen LogP) is 2.67. The maximum atomic E-state index is 5.86. The lowest BCUT2D eigenvalue weighted by Crippen LogP contribution is -2.36. The quantitative estimate of drug-likeness (QED) is 0.853. The van der Waals surface area contributed by atoms with Gasteiger partial charge in [-0.25, -0.2) is 0 Å². The molecule has 0 radical (unpaired) electrons. The van der Waals surface area contributed by atoms with Crippen molar-refractivity contribution in [1.29, 1.82) is 0 Å². The van der Waals surface area contributed by atoms with Gasteiger partial charge in [0.2, 0.25) is 0 Å². The van der Waals surface area contributed by atoms with Crippen LogP contribution in [-0.2, 0) is 13.5 Å². The number of likely N-dealkylation sites (N-methyl/N-ethyl adjacent to an activating group) is 1. The van der Waals surface area contributed by atoms with Gasteiger partial charge in [-0.15, -0.1) is 0 Å². The van der Waals surface area contributed by atoms with Crippen molar-refractivity contribution >= 4 is 11.6 Å². The monoisotopic (exact) mass is 293 g/mol. The molecule has 1 N–H and O–H groups in total. The molecule has 1 atom stereocenters. The van der Waals surface area contributed by atoms with Gasteiger partial charge in [0.05, 0.1) is 5.69 Å². The molecule has 0 bridgehead atoms. The summed E-state index contributed by atoms with van der Waals surface area (Å²) in [6, 6.07) is 9.70. The molecule has 1 aromatic heterocycles. The molecule has 0 aliphatic heterocycles. The number of nitrogens with zero attached hydrogens (tertiary/aromatic N) is 2. The third kappa shape index (κ3) is 4.54. The smallest absolute Gasteiger partial charge is 0.119 e. The van der Waals surface area contributed by atoms with Crippen LogP contribution in [0.3, 0.4) is 0 Å². The number of nitrogens with one attached hydrogen (secondary N) is 1. The van der Waals surface area contributed by atoms with Gasteiger partial charge in [-0.05, 0) is 36.9 Å². The molecule has 0 saturated heterocycles. The van der Waals surface area contributed by atoms with E-state index in [-0.39, 0.29) is 6.04 Å². The number of halogens is 1. The first-order chi connectivity index (χ1) is 9.67. The molecule has 0 amide bonds. The molecular formula is C15H20ClN3O. The molecule has 1 heterocycles. The summed E-state index contributed by atoms with van der Waals surface area (Å²) in [4.78, 5) is 0. The van der Waals surface area contributed by atoms with Crippen LogP contribution < -0.4 is 10.1 Å². The van der Waals surface area contributed by atoms with Gasteiger partial charge in [0, 0.05) is 30.7 Å². The fourth-order valence-electron chi connectivity index (χ4n) is 2.03. The predicted molar refractivity (Wildman–Crippen MR) is 81.3 cm³/mol. The van der Waals surface area contributed by atoms with Gasteiger partial charge in [0.25, 0.3) is 0 Å². The van der Waals surface area contributed by atoms with Crippen molar-refractivity contribution in [3.8, 4) is 5.75 Å². The molecule has 1 aromatic carbocycles. The van der Waals surface area contributed by atoms with Gasteiger partial charge in [-0.2, -0.15) is 5.10 Å². The Morgan fingerprint density at radius 2 is 2.05 bits per heavy atom. The molecule has 2 aromatic rings. The highest BCUT2D eigenvalue weighted by molar-refractivity contribution is 6.30. The molecular weight excluding hydrogens is 274 g/mol. The molecule has 0 spiro atoms. The van der Waals surface area contributed by atoms with Crippen molar-refractivity contribution in [1.82, 2.24) is 15.1 Å². The van der Waals surface area contributed by atoms with Crippen LogP contribution in [0.15, 0.2) is 36.5 Å². The van der Waals surface area contributed by atoms with E-state index in [2.05, 4.69) is 17.3 Å². The summed E-state index contributed by atoms with van der Waals surface area (Å²) >= 11 is 5.86. The molecule has 0 fully saturated rings. The Morgan fingerprint density at radius 1 is 1.30 bits per heavy atom. The van der Waals surface area contributed by atoms with Crippen LogP contribution in [0.4, 0.5) is 0 Å². The second-order valence-electron chi connectivity index (χ2n) is 4.70. The van der Waals surface area contributed by atoms with Crippen LogP contribution in [0, 0.1) is 0 Å². The van der Waals surface area contributed by atoms with Crippen molar-refractivity contribution in [3.63, 3.8) is 0 Å². The molecule has 108 valence electrons.